The van der Waals surface area contributed by atoms with Crippen molar-refractivity contribution < 1.29 is 19.1 Å². The van der Waals surface area contributed by atoms with E-state index in [1.807, 2.05) is 12.1 Å². The number of hydrogen-bond donors (Lipinski definition) is 2. The van der Waals surface area contributed by atoms with Gasteiger partial charge < -0.3 is 14.8 Å². The molecule has 0 atom stereocenters. The van der Waals surface area contributed by atoms with Gasteiger partial charge in [-0.25, -0.2) is 5.43 Å². The molecule has 0 aliphatic heterocycles. The normalized spacial score (nSPS) is 10.6. The summed E-state index contributed by atoms with van der Waals surface area (Å²) in [5, 5.41) is 7.20. The predicted octanol–water partition coefficient (Wildman–Crippen LogP) is 3.21. The molecule has 0 aliphatic carbocycles. The molecule has 154 valence electrons. The van der Waals surface area contributed by atoms with Crippen molar-refractivity contribution in [3.05, 3.63) is 57.6 Å². The second-order valence-corrected chi connectivity index (χ2v) is 6.69. The largest absolute Gasteiger partial charge is 0.493 e. The van der Waals surface area contributed by atoms with Gasteiger partial charge in [-0.3, -0.25) is 9.59 Å². The zero-order valence-corrected chi connectivity index (χ0v) is 17.5. The number of nitrogens with zero attached hydrogens (tertiary/aromatic N) is 1. The Balaban J connectivity index is 1.75. The van der Waals surface area contributed by atoms with E-state index in [-0.39, 0.29) is 6.42 Å². The minimum absolute atomic E-state index is 0.333. The van der Waals surface area contributed by atoms with Crippen molar-refractivity contribution in [1.82, 2.24) is 10.7 Å². The van der Waals surface area contributed by atoms with Crippen LogP contribution in [0.3, 0.4) is 0 Å². The minimum Gasteiger partial charge on any atom is -0.493 e. The molecule has 2 rings (SSSR count). The highest BCUT2D eigenvalue weighted by atomic mass is 35.5. The number of carbonyl (C=O) groups excluding carboxylic acids is 2. The summed E-state index contributed by atoms with van der Waals surface area (Å²) in [5.41, 5.74) is 3.80. The van der Waals surface area contributed by atoms with Crippen LogP contribution >= 0.6 is 23.2 Å². The van der Waals surface area contributed by atoms with Gasteiger partial charge in [0.25, 0.3) is 0 Å². The summed E-state index contributed by atoms with van der Waals surface area (Å²) in [7, 11) is 3.13. The molecule has 0 heterocycles. The number of hydrogen-bond acceptors (Lipinski definition) is 5. The molecule has 2 aromatic carbocycles. The van der Waals surface area contributed by atoms with Crippen LogP contribution in [0.15, 0.2) is 41.5 Å². The Labute approximate surface area is 179 Å². The minimum atomic E-state index is -0.539. The van der Waals surface area contributed by atoms with Gasteiger partial charge >= 0.3 is 0 Å². The first-order valence-electron chi connectivity index (χ1n) is 8.68. The zero-order chi connectivity index (χ0) is 21.2. The Kier molecular flexibility index (Phi) is 8.76. The lowest BCUT2D eigenvalue weighted by Gasteiger charge is -2.10. The summed E-state index contributed by atoms with van der Waals surface area (Å²) in [6.45, 7) is 0.378. The number of benzene rings is 2. The second-order valence-electron chi connectivity index (χ2n) is 5.90. The monoisotopic (exact) mass is 437 g/mol. The molecule has 0 radical (unpaired) electrons. The summed E-state index contributed by atoms with van der Waals surface area (Å²) < 4.78 is 10.4. The fraction of sp³-hybridized carbons (Fsp3) is 0.250. The Morgan fingerprint density at radius 1 is 1.07 bits per heavy atom. The Morgan fingerprint density at radius 3 is 2.55 bits per heavy atom. The van der Waals surface area contributed by atoms with Crippen LogP contribution in [0.5, 0.6) is 11.5 Å². The summed E-state index contributed by atoms with van der Waals surface area (Å²) >= 11 is 11.9. The van der Waals surface area contributed by atoms with Crippen molar-refractivity contribution >= 4 is 41.2 Å². The number of hydrazone groups is 1. The first-order valence-corrected chi connectivity index (χ1v) is 9.43. The second kappa shape index (κ2) is 11.3. The number of carbonyl (C=O) groups is 2. The van der Waals surface area contributed by atoms with Crippen molar-refractivity contribution in [2.24, 2.45) is 5.10 Å². The highest BCUT2D eigenvalue weighted by Gasteiger charge is 2.09. The zero-order valence-electron chi connectivity index (χ0n) is 16.0. The molecule has 0 unspecified atom stereocenters. The predicted molar refractivity (Wildman–Crippen MR) is 113 cm³/mol. The van der Waals surface area contributed by atoms with Crippen LogP contribution in [0.25, 0.3) is 0 Å². The van der Waals surface area contributed by atoms with Gasteiger partial charge in [0.2, 0.25) is 11.8 Å². The number of rotatable bonds is 9. The molecule has 0 spiro atoms. The van der Waals surface area contributed by atoms with Crippen LogP contribution in [0, 0.1) is 0 Å². The van der Waals surface area contributed by atoms with Crippen LogP contribution in [-0.4, -0.2) is 38.8 Å². The van der Waals surface area contributed by atoms with E-state index in [2.05, 4.69) is 15.8 Å². The lowest BCUT2D eigenvalue weighted by Crippen LogP contribution is -2.31. The number of halogens is 2. The van der Waals surface area contributed by atoms with Crippen LogP contribution in [0.2, 0.25) is 10.0 Å². The highest BCUT2D eigenvalue weighted by Crippen LogP contribution is 2.27. The average molecular weight is 438 g/mol. The number of amides is 2. The fourth-order valence-electron chi connectivity index (χ4n) is 2.42. The summed E-state index contributed by atoms with van der Waals surface area (Å²) in [6.07, 6.45) is 1.60. The molecule has 0 bridgehead atoms. The SMILES string of the molecule is COc1ccc(CCNC(=O)CC(=O)N/N=C/c2cccc(Cl)c2Cl)cc1OC. The number of ether oxygens (including phenoxy) is 2. The average Bonchev–Trinajstić information content (AvgIpc) is 2.71. The standard InChI is InChI=1S/C20H21Cl2N3O4/c1-28-16-7-6-13(10-17(16)29-2)8-9-23-18(26)11-19(27)25-24-12-14-4-3-5-15(21)20(14)22/h3-7,10,12H,8-9,11H2,1-2H3,(H,23,26)(H,25,27)/b24-12+. The molecule has 0 saturated carbocycles. The first-order chi connectivity index (χ1) is 13.9. The maximum absolute atomic E-state index is 11.9. The van der Waals surface area contributed by atoms with E-state index in [0.29, 0.717) is 40.1 Å². The molecule has 0 aromatic heterocycles. The molecule has 2 amide bonds. The van der Waals surface area contributed by atoms with E-state index in [4.69, 9.17) is 32.7 Å². The summed E-state index contributed by atoms with van der Waals surface area (Å²) in [5.74, 6) is 0.312. The lowest BCUT2D eigenvalue weighted by molar-refractivity contribution is -0.129. The van der Waals surface area contributed by atoms with Gasteiger partial charge in [0.1, 0.15) is 6.42 Å². The van der Waals surface area contributed by atoms with Crippen LogP contribution in [0.4, 0.5) is 0 Å². The molecule has 0 fully saturated rings. The van der Waals surface area contributed by atoms with Gasteiger partial charge in [-0.15, -0.1) is 0 Å². The van der Waals surface area contributed by atoms with E-state index in [1.165, 1.54) is 6.21 Å². The third-order valence-electron chi connectivity index (χ3n) is 3.88. The highest BCUT2D eigenvalue weighted by molar-refractivity contribution is 6.43. The van der Waals surface area contributed by atoms with Gasteiger partial charge in [0, 0.05) is 12.1 Å². The van der Waals surface area contributed by atoms with Gasteiger partial charge in [0.05, 0.1) is 30.5 Å². The third kappa shape index (κ3) is 6.96. The lowest BCUT2D eigenvalue weighted by atomic mass is 10.1. The van der Waals surface area contributed by atoms with Crippen molar-refractivity contribution in [2.75, 3.05) is 20.8 Å². The van der Waals surface area contributed by atoms with E-state index in [9.17, 15) is 9.59 Å². The smallest absolute Gasteiger partial charge is 0.249 e. The first kappa shape index (κ1) is 22.5. The Hall–Kier alpha value is -2.77. The molecule has 7 nitrogen and oxygen atoms in total. The van der Waals surface area contributed by atoms with Gasteiger partial charge in [0.15, 0.2) is 11.5 Å². The topological polar surface area (TPSA) is 89.0 Å². The van der Waals surface area contributed by atoms with E-state index in [0.717, 1.165) is 5.56 Å². The van der Waals surface area contributed by atoms with Crippen LogP contribution < -0.4 is 20.2 Å². The Morgan fingerprint density at radius 2 is 1.83 bits per heavy atom. The van der Waals surface area contributed by atoms with Gasteiger partial charge in [-0.2, -0.15) is 5.10 Å². The molecule has 0 saturated heterocycles. The van der Waals surface area contributed by atoms with Crippen molar-refractivity contribution in [2.45, 2.75) is 12.8 Å². The Bertz CT molecular complexity index is 903. The summed E-state index contributed by atoms with van der Waals surface area (Å²) in [6, 6.07) is 10.6. The fourth-order valence-corrected chi connectivity index (χ4v) is 2.78. The van der Waals surface area contributed by atoms with E-state index >= 15 is 0 Å². The third-order valence-corrected chi connectivity index (χ3v) is 4.71. The van der Waals surface area contributed by atoms with E-state index < -0.39 is 11.8 Å². The molecule has 0 aliphatic rings. The quantitative estimate of drug-likeness (QED) is 0.358. The van der Waals surface area contributed by atoms with Gasteiger partial charge in [-0.1, -0.05) is 41.4 Å². The maximum Gasteiger partial charge on any atom is 0.249 e. The van der Waals surface area contributed by atoms with Crippen LogP contribution in [-0.2, 0) is 16.0 Å². The molecular weight excluding hydrogens is 417 g/mol. The summed E-state index contributed by atoms with van der Waals surface area (Å²) in [4.78, 5) is 23.7. The van der Waals surface area contributed by atoms with Crippen molar-refractivity contribution in [3.63, 3.8) is 0 Å². The van der Waals surface area contributed by atoms with E-state index in [1.54, 1.807) is 38.5 Å². The molecule has 2 N–H and O–H groups in total. The van der Waals surface area contributed by atoms with Crippen molar-refractivity contribution in [3.8, 4) is 11.5 Å². The molecule has 2 aromatic rings. The van der Waals surface area contributed by atoms with Crippen LogP contribution in [0.1, 0.15) is 17.5 Å². The number of methoxy groups -OCH3 is 2. The molecule has 29 heavy (non-hydrogen) atoms. The van der Waals surface area contributed by atoms with Crippen molar-refractivity contribution in [1.29, 1.82) is 0 Å². The number of nitrogens with one attached hydrogen (secondary N) is 2. The molecule has 9 heteroatoms. The maximum atomic E-state index is 11.9. The molecular formula is C20H21Cl2N3O4. The van der Waals surface area contributed by atoms with Gasteiger partial charge in [-0.05, 0) is 30.2 Å².